The number of hydrogen-bond acceptors (Lipinski definition) is 4. The topological polar surface area (TPSA) is 63.2 Å². The molecule has 1 spiro atoms. The van der Waals surface area contributed by atoms with Gasteiger partial charge in [-0.15, -0.1) is 0 Å². The van der Waals surface area contributed by atoms with Gasteiger partial charge in [-0.05, 0) is 49.9 Å². The van der Waals surface area contributed by atoms with Crippen molar-refractivity contribution >= 4 is 17.5 Å². The molecule has 4 heterocycles. The highest BCUT2D eigenvalue weighted by atomic mass is 35.5. The van der Waals surface area contributed by atoms with Gasteiger partial charge in [0, 0.05) is 31.2 Å². The molecule has 27 heavy (non-hydrogen) atoms. The molecular formula is C21H28ClN3O2. The van der Waals surface area contributed by atoms with Crippen molar-refractivity contribution in [2.75, 3.05) is 13.1 Å². The van der Waals surface area contributed by atoms with Gasteiger partial charge in [0.1, 0.15) is 0 Å². The summed E-state index contributed by atoms with van der Waals surface area (Å²) in [7, 11) is 0. The van der Waals surface area contributed by atoms with Crippen LogP contribution in [0.5, 0.6) is 0 Å². The van der Waals surface area contributed by atoms with Crippen LogP contribution in [0.3, 0.4) is 0 Å². The second kappa shape index (κ2) is 5.46. The van der Waals surface area contributed by atoms with Crippen molar-refractivity contribution in [1.82, 2.24) is 15.6 Å². The van der Waals surface area contributed by atoms with E-state index in [0.29, 0.717) is 5.02 Å². The molecule has 1 aromatic heterocycles. The summed E-state index contributed by atoms with van der Waals surface area (Å²) in [5.41, 5.74) is 0.460. The molecule has 5 aliphatic rings. The molecule has 2 bridgehead atoms. The first-order valence-corrected chi connectivity index (χ1v) is 10.4. The highest BCUT2D eigenvalue weighted by Gasteiger charge is 2.74. The third-order valence-electron chi connectivity index (χ3n) is 7.69. The number of nitrogens with zero attached hydrogens (tertiary/aromatic N) is 1. The minimum absolute atomic E-state index is 0.0574. The molecule has 3 saturated heterocycles. The molecule has 0 aromatic carbocycles. The fourth-order valence-corrected chi connectivity index (χ4v) is 6.70. The minimum atomic E-state index is -0.203. The normalized spacial score (nSPS) is 40.4. The van der Waals surface area contributed by atoms with Crippen LogP contribution in [0.25, 0.3) is 0 Å². The van der Waals surface area contributed by atoms with E-state index < -0.39 is 0 Å². The van der Waals surface area contributed by atoms with Crippen LogP contribution in [0, 0.1) is 11.3 Å². The van der Waals surface area contributed by atoms with Crippen LogP contribution in [0.4, 0.5) is 0 Å². The maximum absolute atomic E-state index is 13.4. The van der Waals surface area contributed by atoms with E-state index in [0.717, 1.165) is 44.3 Å². The fourth-order valence-electron chi connectivity index (χ4n) is 6.46. The highest BCUT2D eigenvalue weighted by molar-refractivity contribution is 6.31. The number of ether oxygens (including phenoxy) is 1. The van der Waals surface area contributed by atoms with Gasteiger partial charge in [-0.1, -0.05) is 25.4 Å². The van der Waals surface area contributed by atoms with Crippen LogP contribution in [0.1, 0.15) is 57.9 Å². The Bertz CT molecular complexity index is 796. The molecule has 5 fully saturated rings. The van der Waals surface area contributed by atoms with Gasteiger partial charge < -0.3 is 15.4 Å². The lowest BCUT2D eigenvalue weighted by Crippen LogP contribution is -2.67. The summed E-state index contributed by atoms with van der Waals surface area (Å²) in [5, 5.41) is 7.57. The van der Waals surface area contributed by atoms with Crippen LogP contribution in [-0.4, -0.2) is 40.7 Å². The molecule has 6 heteroatoms. The first-order valence-electron chi connectivity index (χ1n) is 10.0. The van der Waals surface area contributed by atoms with Crippen molar-refractivity contribution in [2.45, 2.75) is 69.1 Å². The van der Waals surface area contributed by atoms with E-state index in [-0.39, 0.29) is 39.9 Å². The Morgan fingerprint density at radius 2 is 2.00 bits per heavy atom. The number of rotatable bonds is 3. The van der Waals surface area contributed by atoms with E-state index in [4.69, 9.17) is 16.3 Å². The molecule has 2 N–H and O–H groups in total. The van der Waals surface area contributed by atoms with Gasteiger partial charge >= 0.3 is 0 Å². The molecule has 1 amide bonds. The van der Waals surface area contributed by atoms with Gasteiger partial charge in [0.05, 0.1) is 27.7 Å². The Morgan fingerprint density at radius 1 is 1.30 bits per heavy atom. The Morgan fingerprint density at radius 3 is 2.67 bits per heavy atom. The lowest BCUT2D eigenvalue weighted by Gasteiger charge is -2.49. The standard InChI is InChI=1S/C21H28ClN3O2/c1-18(2)15(13-4-7-24-10-14(13)22)16(18)17(26)25-20-11-19(3,12-20)27-21(20)5-8-23-9-6-21/h4,7,10,15-16,23H,5-6,8-9,11-12H2,1-3H3,(H,25,26)/t15-,16+,19?,20?/m1/s1. The predicted molar refractivity (Wildman–Crippen MR) is 104 cm³/mol. The van der Waals surface area contributed by atoms with E-state index in [1.165, 1.54) is 0 Å². The Balaban J connectivity index is 1.39. The van der Waals surface area contributed by atoms with Gasteiger partial charge in [-0.2, -0.15) is 0 Å². The van der Waals surface area contributed by atoms with Gasteiger partial charge in [0.15, 0.2) is 0 Å². The number of nitrogens with one attached hydrogen (secondary N) is 2. The molecule has 0 unspecified atom stereocenters. The van der Waals surface area contributed by atoms with Gasteiger partial charge in [0.2, 0.25) is 5.91 Å². The zero-order valence-electron chi connectivity index (χ0n) is 16.3. The highest BCUT2D eigenvalue weighted by Crippen LogP contribution is 2.67. The summed E-state index contributed by atoms with van der Waals surface area (Å²) in [6, 6.07) is 1.95. The average molecular weight is 390 g/mol. The van der Waals surface area contributed by atoms with Crippen LogP contribution in [0.15, 0.2) is 18.5 Å². The van der Waals surface area contributed by atoms with Crippen LogP contribution < -0.4 is 10.6 Å². The third-order valence-corrected chi connectivity index (χ3v) is 8.00. The van der Waals surface area contributed by atoms with E-state index in [2.05, 4.69) is 36.4 Å². The molecule has 2 aliphatic carbocycles. The number of piperidine rings is 1. The van der Waals surface area contributed by atoms with Gasteiger partial charge in [0.25, 0.3) is 0 Å². The smallest absolute Gasteiger partial charge is 0.224 e. The predicted octanol–water partition coefficient (Wildman–Crippen LogP) is 3.03. The number of hydrogen-bond donors (Lipinski definition) is 2. The zero-order chi connectivity index (χ0) is 19.1. The number of pyridine rings is 1. The maximum Gasteiger partial charge on any atom is 0.224 e. The second-order valence-corrected chi connectivity index (χ2v) is 10.3. The van der Waals surface area contributed by atoms with Crippen molar-refractivity contribution in [2.24, 2.45) is 11.3 Å². The van der Waals surface area contributed by atoms with Crippen LogP contribution in [0.2, 0.25) is 5.02 Å². The van der Waals surface area contributed by atoms with E-state index in [1.807, 2.05) is 6.07 Å². The van der Waals surface area contributed by atoms with Crippen LogP contribution >= 0.6 is 11.6 Å². The SMILES string of the molecule is CC12CC(NC(=O)[C@@H]3[C@@H](c4ccncc4Cl)C3(C)C)(C1)C1(CCNCC1)O2. The average Bonchev–Trinajstić information content (AvgIpc) is 2.98. The van der Waals surface area contributed by atoms with Crippen molar-refractivity contribution in [3.05, 3.63) is 29.0 Å². The van der Waals surface area contributed by atoms with Crippen LogP contribution in [-0.2, 0) is 9.53 Å². The lowest BCUT2D eigenvalue weighted by molar-refractivity contribution is -0.127. The summed E-state index contributed by atoms with van der Waals surface area (Å²) in [6.45, 7) is 8.42. The number of halogens is 1. The monoisotopic (exact) mass is 389 g/mol. The summed E-state index contributed by atoms with van der Waals surface area (Å²) < 4.78 is 6.55. The molecule has 0 radical (unpaired) electrons. The van der Waals surface area contributed by atoms with Crippen molar-refractivity contribution in [3.63, 3.8) is 0 Å². The molecule has 3 aliphatic heterocycles. The molecule has 5 nitrogen and oxygen atoms in total. The molecule has 146 valence electrons. The largest absolute Gasteiger partial charge is 0.366 e. The summed E-state index contributed by atoms with van der Waals surface area (Å²) >= 11 is 6.38. The first kappa shape index (κ1) is 17.9. The number of carbonyl (C=O) groups is 1. The van der Waals surface area contributed by atoms with Crippen molar-refractivity contribution in [3.8, 4) is 0 Å². The van der Waals surface area contributed by atoms with Crippen molar-refractivity contribution in [1.29, 1.82) is 0 Å². The molecule has 6 rings (SSSR count). The van der Waals surface area contributed by atoms with E-state index in [9.17, 15) is 4.79 Å². The van der Waals surface area contributed by atoms with Gasteiger partial charge in [-0.25, -0.2) is 0 Å². The molecule has 1 aromatic rings. The fraction of sp³-hybridized carbons (Fsp3) is 0.714. The Hall–Kier alpha value is -1.17. The summed E-state index contributed by atoms with van der Waals surface area (Å²) in [6.07, 6.45) is 7.23. The number of carbonyl (C=O) groups excluding carboxylic acids is 1. The molecular weight excluding hydrogens is 362 g/mol. The Labute approximate surface area is 165 Å². The maximum atomic E-state index is 13.4. The quantitative estimate of drug-likeness (QED) is 0.834. The van der Waals surface area contributed by atoms with Gasteiger partial charge in [-0.3, -0.25) is 9.78 Å². The third kappa shape index (κ3) is 2.37. The summed E-state index contributed by atoms with van der Waals surface area (Å²) in [5.74, 6) is 0.239. The van der Waals surface area contributed by atoms with E-state index in [1.54, 1.807) is 12.4 Å². The minimum Gasteiger partial charge on any atom is -0.366 e. The van der Waals surface area contributed by atoms with Crippen molar-refractivity contribution < 1.29 is 9.53 Å². The first-order chi connectivity index (χ1) is 12.7. The molecule has 2 atom stereocenters. The zero-order valence-corrected chi connectivity index (χ0v) is 17.0. The summed E-state index contributed by atoms with van der Waals surface area (Å²) in [4.78, 5) is 17.5. The number of amides is 1. The Kier molecular flexibility index (Phi) is 3.62. The number of aromatic nitrogens is 1. The second-order valence-electron chi connectivity index (χ2n) is 9.90. The van der Waals surface area contributed by atoms with E-state index >= 15 is 0 Å². The molecule has 2 saturated carbocycles. The lowest BCUT2D eigenvalue weighted by atomic mass is 9.60.